The van der Waals surface area contributed by atoms with E-state index in [1.165, 1.54) is 25.5 Å². The number of benzene rings is 1. The van der Waals surface area contributed by atoms with Crippen LogP contribution in [0.15, 0.2) is 29.3 Å². The number of nitrogens with zero attached hydrogens (tertiary/aromatic N) is 2. The van der Waals surface area contributed by atoms with Crippen molar-refractivity contribution in [3.8, 4) is 0 Å². The summed E-state index contributed by atoms with van der Waals surface area (Å²) in [4.78, 5) is 6.90. The van der Waals surface area contributed by atoms with E-state index in [1.54, 1.807) is 19.2 Å². The molecule has 5 heteroatoms. The minimum absolute atomic E-state index is 0.182. The minimum Gasteiger partial charge on any atom is -0.356 e. The van der Waals surface area contributed by atoms with Crippen LogP contribution in [0.25, 0.3) is 0 Å². The summed E-state index contributed by atoms with van der Waals surface area (Å²) in [6, 6.07) is 7.45. The number of guanidine groups is 1. The Bertz CT molecular complexity index is 597. The minimum atomic E-state index is -0.190. The number of rotatable bonds is 6. The van der Waals surface area contributed by atoms with Gasteiger partial charge < -0.3 is 15.5 Å². The summed E-state index contributed by atoms with van der Waals surface area (Å²) in [5.74, 6) is 1.28. The zero-order chi connectivity index (χ0) is 19.2. The molecule has 0 aliphatic carbocycles. The van der Waals surface area contributed by atoms with Crippen molar-refractivity contribution in [3.05, 3.63) is 35.6 Å². The Morgan fingerprint density at radius 2 is 2.12 bits per heavy atom. The van der Waals surface area contributed by atoms with Crippen LogP contribution in [0.1, 0.15) is 46.1 Å². The quantitative estimate of drug-likeness (QED) is 0.602. The molecule has 146 valence electrons. The molecular formula is C21H35FN4. The summed E-state index contributed by atoms with van der Waals surface area (Å²) in [7, 11) is 1.80. The van der Waals surface area contributed by atoms with Gasteiger partial charge in [0.1, 0.15) is 5.82 Å². The largest absolute Gasteiger partial charge is 0.356 e. The molecule has 26 heavy (non-hydrogen) atoms. The van der Waals surface area contributed by atoms with E-state index in [0.29, 0.717) is 18.5 Å². The SMILES string of the molecule is CN=C(NCC1CCCN(C(C)C)C1)NCC(C)(C)c1cccc(F)c1. The normalized spacial score (nSPS) is 19.7. The van der Waals surface area contributed by atoms with E-state index in [4.69, 9.17) is 0 Å². The average molecular weight is 363 g/mol. The smallest absolute Gasteiger partial charge is 0.191 e. The van der Waals surface area contributed by atoms with Crippen molar-refractivity contribution in [2.75, 3.05) is 33.2 Å². The van der Waals surface area contributed by atoms with Crippen molar-refractivity contribution < 1.29 is 4.39 Å². The summed E-state index contributed by atoms with van der Waals surface area (Å²) in [6.45, 7) is 12.8. The van der Waals surface area contributed by atoms with Gasteiger partial charge in [0.15, 0.2) is 5.96 Å². The molecule has 0 spiro atoms. The highest BCUT2D eigenvalue weighted by atomic mass is 19.1. The summed E-state index contributed by atoms with van der Waals surface area (Å²) < 4.78 is 13.5. The molecule has 0 bridgehead atoms. The zero-order valence-electron chi connectivity index (χ0n) is 17.0. The van der Waals surface area contributed by atoms with Crippen LogP contribution in [0.5, 0.6) is 0 Å². The highest BCUT2D eigenvalue weighted by Crippen LogP contribution is 2.23. The van der Waals surface area contributed by atoms with E-state index in [1.807, 2.05) is 6.07 Å². The van der Waals surface area contributed by atoms with Crippen molar-refractivity contribution in [3.63, 3.8) is 0 Å². The van der Waals surface area contributed by atoms with E-state index in [0.717, 1.165) is 24.6 Å². The molecule has 1 aliphatic rings. The van der Waals surface area contributed by atoms with Crippen molar-refractivity contribution in [2.24, 2.45) is 10.9 Å². The number of halogens is 1. The predicted molar refractivity (Wildman–Crippen MR) is 108 cm³/mol. The molecule has 1 aliphatic heterocycles. The first-order valence-electron chi connectivity index (χ1n) is 9.76. The number of hydrogen-bond acceptors (Lipinski definition) is 2. The third-order valence-electron chi connectivity index (χ3n) is 5.37. The van der Waals surface area contributed by atoms with Crippen LogP contribution in [0, 0.1) is 11.7 Å². The summed E-state index contributed by atoms with van der Waals surface area (Å²) in [5.41, 5.74) is 0.805. The lowest BCUT2D eigenvalue weighted by Gasteiger charge is -2.35. The summed E-state index contributed by atoms with van der Waals surface area (Å²) in [5, 5.41) is 6.88. The Balaban J connectivity index is 1.84. The highest BCUT2D eigenvalue weighted by Gasteiger charge is 2.23. The van der Waals surface area contributed by atoms with Crippen LogP contribution >= 0.6 is 0 Å². The predicted octanol–water partition coefficient (Wildman–Crippen LogP) is 3.39. The van der Waals surface area contributed by atoms with E-state index in [9.17, 15) is 4.39 Å². The van der Waals surface area contributed by atoms with Gasteiger partial charge in [-0.05, 0) is 56.8 Å². The molecule has 2 N–H and O–H groups in total. The average Bonchev–Trinajstić information content (AvgIpc) is 2.62. The fraction of sp³-hybridized carbons (Fsp3) is 0.667. The lowest BCUT2D eigenvalue weighted by Crippen LogP contribution is -2.47. The Kier molecular flexibility index (Phi) is 7.44. The van der Waals surface area contributed by atoms with E-state index in [2.05, 4.69) is 48.2 Å². The molecule has 1 heterocycles. The van der Waals surface area contributed by atoms with Gasteiger partial charge in [-0.1, -0.05) is 26.0 Å². The van der Waals surface area contributed by atoms with Gasteiger partial charge in [0.05, 0.1) is 0 Å². The van der Waals surface area contributed by atoms with Crippen LogP contribution in [0.3, 0.4) is 0 Å². The zero-order valence-corrected chi connectivity index (χ0v) is 17.0. The molecule has 1 aromatic carbocycles. The molecule has 1 fully saturated rings. The van der Waals surface area contributed by atoms with Crippen molar-refractivity contribution in [2.45, 2.75) is 52.0 Å². The van der Waals surface area contributed by atoms with Gasteiger partial charge >= 0.3 is 0 Å². The first-order valence-corrected chi connectivity index (χ1v) is 9.76. The van der Waals surface area contributed by atoms with Gasteiger partial charge in [-0.3, -0.25) is 4.99 Å². The number of aliphatic imine (C=N–C) groups is 1. The van der Waals surface area contributed by atoms with E-state index < -0.39 is 0 Å². The highest BCUT2D eigenvalue weighted by molar-refractivity contribution is 5.79. The first-order chi connectivity index (χ1) is 12.3. The standard InChI is InChI=1S/C21H35FN4/c1-16(2)26-11-7-8-17(14-26)13-24-20(23-5)25-15-21(3,4)18-9-6-10-19(22)12-18/h6,9-10,12,16-17H,7-8,11,13-15H2,1-5H3,(H2,23,24,25). The Labute approximate surface area is 158 Å². The Morgan fingerprint density at radius 1 is 1.35 bits per heavy atom. The third-order valence-corrected chi connectivity index (χ3v) is 5.37. The Hall–Kier alpha value is -1.62. The third kappa shape index (κ3) is 5.97. The van der Waals surface area contributed by atoms with Gasteiger partial charge in [-0.15, -0.1) is 0 Å². The van der Waals surface area contributed by atoms with Crippen molar-refractivity contribution >= 4 is 5.96 Å². The van der Waals surface area contributed by atoms with Crippen LogP contribution in [0.2, 0.25) is 0 Å². The fourth-order valence-corrected chi connectivity index (χ4v) is 3.51. The van der Waals surface area contributed by atoms with Crippen LogP contribution < -0.4 is 10.6 Å². The van der Waals surface area contributed by atoms with Crippen molar-refractivity contribution in [1.82, 2.24) is 15.5 Å². The van der Waals surface area contributed by atoms with Gasteiger partial charge in [0, 0.05) is 38.1 Å². The summed E-state index contributed by atoms with van der Waals surface area (Å²) >= 11 is 0. The van der Waals surface area contributed by atoms with E-state index in [-0.39, 0.29) is 11.2 Å². The second-order valence-electron chi connectivity index (χ2n) is 8.30. The maximum atomic E-state index is 13.5. The number of likely N-dealkylation sites (tertiary alicyclic amines) is 1. The maximum Gasteiger partial charge on any atom is 0.191 e. The molecule has 1 atom stereocenters. The van der Waals surface area contributed by atoms with Gasteiger partial charge in [-0.25, -0.2) is 4.39 Å². The number of piperidine rings is 1. The monoisotopic (exact) mass is 362 g/mol. The molecular weight excluding hydrogens is 327 g/mol. The number of nitrogens with one attached hydrogen (secondary N) is 2. The molecule has 0 saturated carbocycles. The fourth-order valence-electron chi connectivity index (χ4n) is 3.51. The molecule has 2 rings (SSSR count). The molecule has 0 amide bonds. The van der Waals surface area contributed by atoms with Gasteiger partial charge in [0.25, 0.3) is 0 Å². The van der Waals surface area contributed by atoms with Gasteiger partial charge in [0.2, 0.25) is 0 Å². The second kappa shape index (κ2) is 9.36. The first kappa shape index (κ1) is 20.7. The van der Waals surface area contributed by atoms with Gasteiger partial charge in [-0.2, -0.15) is 0 Å². The van der Waals surface area contributed by atoms with Crippen molar-refractivity contribution in [1.29, 1.82) is 0 Å². The molecule has 4 nitrogen and oxygen atoms in total. The van der Waals surface area contributed by atoms with E-state index >= 15 is 0 Å². The molecule has 1 unspecified atom stereocenters. The Morgan fingerprint density at radius 3 is 2.77 bits per heavy atom. The topological polar surface area (TPSA) is 39.7 Å². The molecule has 1 saturated heterocycles. The lowest BCUT2D eigenvalue weighted by atomic mass is 9.84. The van der Waals surface area contributed by atoms with Crippen LogP contribution in [-0.2, 0) is 5.41 Å². The second-order valence-corrected chi connectivity index (χ2v) is 8.30. The number of hydrogen-bond donors (Lipinski definition) is 2. The molecule has 0 radical (unpaired) electrons. The maximum absolute atomic E-state index is 13.5. The molecule has 0 aromatic heterocycles. The lowest BCUT2D eigenvalue weighted by molar-refractivity contribution is 0.141. The molecule has 1 aromatic rings. The van der Waals surface area contributed by atoms with Crippen LogP contribution in [0.4, 0.5) is 4.39 Å². The summed E-state index contributed by atoms with van der Waals surface area (Å²) in [6.07, 6.45) is 2.53. The van der Waals surface area contributed by atoms with Crippen LogP contribution in [-0.4, -0.2) is 50.1 Å².